The van der Waals surface area contributed by atoms with Crippen LogP contribution in [0.25, 0.3) is 0 Å². The highest BCUT2D eigenvalue weighted by Gasteiger charge is 2.26. The largest absolute Gasteiger partial charge is 0.338 e. The van der Waals surface area contributed by atoms with Gasteiger partial charge in [-0.2, -0.15) is 5.26 Å². The fraction of sp³-hybridized carbons (Fsp3) is 0.652. The van der Waals surface area contributed by atoms with E-state index in [0.717, 1.165) is 30.0 Å². The summed E-state index contributed by atoms with van der Waals surface area (Å²) in [4.78, 5) is 16.8. The summed E-state index contributed by atoms with van der Waals surface area (Å²) in [5.74, 6) is 0.844. The van der Waals surface area contributed by atoms with Crippen LogP contribution in [-0.2, 0) is 13.1 Å². The van der Waals surface area contributed by atoms with E-state index in [1.165, 1.54) is 38.8 Å². The zero-order valence-corrected chi connectivity index (χ0v) is 17.6. The maximum absolute atomic E-state index is 12.4. The van der Waals surface area contributed by atoms with Gasteiger partial charge in [-0.25, -0.2) is 4.79 Å². The summed E-state index contributed by atoms with van der Waals surface area (Å²) < 4.78 is 0. The van der Waals surface area contributed by atoms with Crippen molar-refractivity contribution in [2.75, 3.05) is 19.6 Å². The third kappa shape index (κ3) is 5.26. The number of carbonyl (C=O) groups excluding carboxylic acids is 1. The molecular formula is C23H34N4O. The van der Waals surface area contributed by atoms with Crippen LogP contribution in [0.4, 0.5) is 4.79 Å². The monoisotopic (exact) mass is 382 g/mol. The molecule has 2 heterocycles. The quantitative estimate of drug-likeness (QED) is 0.774. The van der Waals surface area contributed by atoms with Crippen LogP contribution in [0.15, 0.2) is 18.2 Å². The van der Waals surface area contributed by atoms with E-state index < -0.39 is 0 Å². The van der Waals surface area contributed by atoms with Crippen LogP contribution in [0.5, 0.6) is 0 Å². The predicted octanol–water partition coefficient (Wildman–Crippen LogP) is 4.26. The number of likely N-dealkylation sites (tertiary alicyclic amines) is 1. The van der Waals surface area contributed by atoms with Crippen molar-refractivity contribution in [3.05, 3.63) is 34.9 Å². The molecule has 1 aromatic rings. The van der Waals surface area contributed by atoms with Crippen LogP contribution in [-0.4, -0.2) is 41.0 Å². The second kappa shape index (κ2) is 8.96. The lowest BCUT2D eigenvalue weighted by molar-refractivity contribution is 0.0847. The molecular weight excluding hydrogens is 348 g/mol. The number of benzene rings is 1. The molecule has 2 aliphatic heterocycles. The maximum Gasteiger partial charge on any atom is 0.318 e. The number of rotatable bonds is 5. The number of carbonyl (C=O) groups is 1. The minimum Gasteiger partial charge on any atom is -0.338 e. The maximum atomic E-state index is 12.4. The minimum atomic E-state index is 0.00759. The number of unbranched alkanes of at least 4 members (excludes halogenated alkanes) is 1. The third-order valence-electron chi connectivity index (χ3n) is 6.22. The highest BCUT2D eigenvalue weighted by atomic mass is 16.2. The molecule has 1 N–H and O–H groups in total. The van der Waals surface area contributed by atoms with Crippen molar-refractivity contribution >= 4 is 6.03 Å². The Morgan fingerprint density at radius 1 is 1.18 bits per heavy atom. The van der Waals surface area contributed by atoms with Crippen LogP contribution in [0.1, 0.15) is 69.6 Å². The molecule has 5 nitrogen and oxygen atoms in total. The summed E-state index contributed by atoms with van der Waals surface area (Å²) >= 11 is 0. The first-order chi connectivity index (χ1) is 13.4. The number of nitriles is 1. The van der Waals surface area contributed by atoms with Crippen molar-refractivity contribution in [1.82, 2.24) is 15.1 Å². The molecule has 0 atom stereocenters. The Labute approximate surface area is 169 Å². The van der Waals surface area contributed by atoms with Crippen LogP contribution in [0.3, 0.4) is 0 Å². The van der Waals surface area contributed by atoms with E-state index in [-0.39, 0.29) is 6.03 Å². The molecule has 0 spiro atoms. The van der Waals surface area contributed by atoms with E-state index in [0.29, 0.717) is 24.2 Å². The first kappa shape index (κ1) is 20.7. The van der Waals surface area contributed by atoms with Gasteiger partial charge in [0.05, 0.1) is 11.6 Å². The SMILES string of the molecule is CC(C)(C)N1CCC(CCCCNC(=O)N2Cc3ccc(C#N)cc3C2)CC1. The molecule has 0 aromatic heterocycles. The Balaban J connectivity index is 1.30. The number of nitrogens with one attached hydrogen (secondary N) is 1. The van der Waals surface area contributed by atoms with Gasteiger partial charge in [0.15, 0.2) is 0 Å². The third-order valence-corrected chi connectivity index (χ3v) is 6.22. The summed E-state index contributed by atoms with van der Waals surface area (Å²) in [5.41, 5.74) is 3.20. The first-order valence-corrected chi connectivity index (χ1v) is 10.7. The van der Waals surface area contributed by atoms with Crippen LogP contribution < -0.4 is 5.32 Å². The number of nitrogens with zero attached hydrogens (tertiary/aromatic N) is 3. The van der Waals surface area contributed by atoms with E-state index in [4.69, 9.17) is 5.26 Å². The van der Waals surface area contributed by atoms with Gasteiger partial charge in [0, 0.05) is 25.2 Å². The molecule has 2 amide bonds. The standard InChI is InChI=1S/C23H34N4O/c1-23(2,3)27-12-9-18(10-13-27)6-4-5-11-25-22(28)26-16-20-8-7-19(15-24)14-21(20)17-26/h7-8,14,18H,4-6,9-13,16-17H2,1-3H3,(H,25,28). The minimum absolute atomic E-state index is 0.00759. The van der Waals surface area contributed by atoms with Gasteiger partial charge in [-0.1, -0.05) is 18.9 Å². The molecule has 0 unspecified atom stereocenters. The number of hydrogen-bond donors (Lipinski definition) is 1. The topological polar surface area (TPSA) is 59.4 Å². The van der Waals surface area contributed by atoms with Crippen molar-refractivity contribution in [1.29, 1.82) is 5.26 Å². The summed E-state index contributed by atoms with van der Waals surface area (Å²) in [7, 11) is 0. The van der Waals surface area contributed by atoms with Crippen LogP contribution in [0, 0.1) is 17.2 Å². The molecule has 3 rings (SSSR count). The van der Waals surface area contributed by atoms with Gasteiger partial charge in [0.2, 0.25) is 0 Å². The number of hydrogen-bond acceptors (Lipinski definition) is 3. The Morgan fingerprint density at radius 3 is 2.57 bits per heavy atom. The van der Waals surface area contributed by atoms with Crippen molar-refractivity contribution in [3.63, 3.8) is 0 Å². The first-order valence-electron chi connectivity index (χ1n) is 10.7. The van der Waals surface area contributed by atoms with Gasteiger partial charge in [-0.05, 0) is 82.3 Å². The van der Waals surface area contributed by atoms with Crippen molar-refractivity contribution < 1.29 is 4.79 Å². The van der Waals surface area contributed by atoms with Crippen molar-refractivity contribution in [2.45, 2.75) is 71.5 Å². The highest BCUT2D eigenvalue weighted by molar-refractivity contribution is 5.75. The molecule has 0 saturated carbocycles. The molecule has 0 aliphatic carbocycles. The summed E-state index contributed by atoms with van der Waals surface area (Å²) in [5, 5.41) is 12.1. The lowest BCUT2D eigenvalue weighted by Gasteiger charge is -2.41. The second-order valence-corrected chi connectivity index (χ2v) is 9.28. The van der Waals surface area contributed by atoms with Gasteiger partial charge in [0.1, 0.15) is 0 Å². The number of urea groups is 1. The smallest absolute Gasteiger partial charge is 0.318 e. The average molecular weight is 383 g/mol. The summed E-state index contributed by atoms with van der Waals surface area (Å²) in [6, 6.07) is 7.86. The van der Waals surface area contributed by atoms with E-state index in [2.05, 4.69) is 37.1 Å². The van der Waals surface area contributed by atoms with Gasteiger partial charge < -0.3 is 10.2 Å². The average Bonchev–Trinajstić information content (AvgIpc) is 3.10. The number of piperidine rings is 1. The van der Waals surface area contributed by atoms with Gasteiger partial charge >= 0.3 is 6.03 Å². The number of amides is 2. The fourth-order valence-electron chi connectivity index (χ4n) is 4.37. The van der Waals surface area contributed by atoms with Gasteiger partial charge in [-0.3, -0.25) is 4.90 Å². The van der Waals surface area contributed by atoms with Crippen LogP contribution >= 0.6 is 0 Å². The molecule has 5 heteroatoms. The number of fused-ring (bicyclic) bond motifs is 1. The Morgan fingerprint density at radius 2 is 1.89 bits per heavy atom. The lowest BCUT2D eigenvalue weighted by atomic mass is 9.89. The van der Waals surface area contributed by atoms with Gasteiger partial charge in [0.25, 0.3) is 0 Å². The van der Waals surface area contributed by atoms with Crippen molar-refractivity contribution in [2.24, 2.45) is 5.92 Å². The molecule has 0 radical (unpaired) electrons. The van der Waals surface area contributed by atoms with E-state index in [1.807, 2.05) is 23.1 Å². The van der Waals surface area contributed by atoms with Crippen LogP contribution in [0.2, 0.25) is 0 Å². The molecule has 1 aromatic carbocycles. The summed E-state index contributed by atoms with van der Waals surface area (Å²) in [6.45, 7) is 11.3. The molecule has 0 bridgehead atoms. The highest BCUT2D eigenvalue weighted by Crippen LogP contribution is 2.27. The summed E-state index contributed by atoms with van der Waals surface area (Å²) in [6.07, 6.45) is 6.12. The van der Waals surface area contributed by atoms with E-state index >= 15 is 0 Å². The molecule has 2 aliphatic rings. The second-order valence-electron chi connectivity index (χ2n) is 9.28. The molecule has 28 heavy (non-hydrogen) atoms. The zero-order chi connectivity index (χ0) is 20.1. The van der Waals surface area contributed by atoms with Gasteiger partial charge in [-0.15, -0.1) is 0 Å². The predicted molar refractivity (Wildman–Crippen MR) is 112 cm³/mol. The fourth-order valence-corrected chi connectivity index (χ4v) is 4.37. The van der Waals surface area contributed by atoms with Crippen molar-refractivity contribution in [3.8, 4) is 6.07 Å². The Kier molecular flexibility index (Phi) is 6.61. The molecule has 1 saturated heterocycles. The Hall–Kier alpha value is -2.06. The normalized spacial score (nSPS) is 18.0. The molecule has 152 valence electrons. The zero-order valence-electron chi connectivity index (χ0n) is 17.6. The Bertz CT molecular complexity index is 723. The van der Waals surface area contributed by atoms with E-state index in [9.17, 15) is 4.79 Å². The van der Waals surface area contributed by atoms with E-state index in [1.54, 1.807) is 0 Å². The lowest BCUT2D eigenvalue weighted by Crippen LogP contribution is -2.46. The molecule has 1 fully saturated rings.